The van der Waals surface area contributed by atoms with Crippen molar-refractivity contribution in [3.63, 3.8) is 0 Å². The predicted molar refractivity (Wildman–Crippen MR) is 87.9 cm³/mol. The number of nitrogens with one attached hydrogen (secondary N) is 1. The fourth-order valence-corrected chi connectivity index (χ4v) is 3.42. The lowest BCUT2D eigenvalue weighted by atomic mass is 10.4. The first kappa shape index (κ1) is 15.3. The van der Waals surface area contributed by atoms with E-state index >= 15 is 0 Å². The molecule has 0 unspecified atom stereocenters. The maximum absolute atomic E-state index is 12.1. The second-order valence-electron chi connectivity index (χ2n) is 4.47. The summed E-state index contributed by atoms with van der Waals surface area (Å²) < 4.78 is 1.66. The molecule has 0 fully saturated rings. The van der Waals surface area contributed by atoms with Crippen LogP contribution in [0.15, 0.2) is 29.1 Å². The van der Waals surface area contributed by atoms with Gasteiger partial charge in [-0.25, -0.2) is 4.98 Å². The minimum Gasteiger partial charge on any atom is -0.296 e. The summed E-state index contributed by atoms with van der Waals surface area (Å²) in [6.07, 6.45) is 1.73. The van der Waals surface area contributed by atoms with Gasteiger partial charge in [-0.3, -0.25) is 24.9 Å². The van der Waals surface area contributed by atoms with Crippen molar-refractivity contribution in [3.05, 3.63) is 44.9 Å². The Morgan fingerprint density at radius 1 is 1.43 bits per heavy atom. The number of thiazole rings is 1. The zero-order valence-corrected chi connectivity index (χ0v) is 13.6. The van der Waals surface area contributed by atoms with Crippen LogP contribution in [0.1, 0.15) is 17.4 Å². The molecule has 0 radical (unpaired) electrons. The number of carbonyl (C=O) groups excluding carboxylic acids is 1. The van der Waals surface area contributed by atoms with Crippen molar-refractivity contribution in [2.24, 2.45) is 0 Å². The van der Waals surface area contributed by atoms with Crippen LogP contribution in [0.4, 0.5) is 10.8 Å². The third-order valence-electron chi connectivity index (χ3n) is 2.97. The highest BCUT2D eigenvalue weighted by molar-refractivity contribution is 7.16. The van der Waals surface area contributed by atoms with E-state index in [1.165, 1.54) is 34.1 Å². The molecule has 8 nitrogen and oxygen atoms in total. The van der Waals surface area contributed by atoms with Crippen LogP contribution in [0.3, 0.4) is 0 Å². The average molecular weight is 349 g/mol. The molecule has 3 aromatic heterocycles. The zero-order valence-electron chi connectivity index (χ0n) is 11.9. The molecule has 3 rings (SSSR count). The molecule has 23 heavy (non-hydrogen) atoms. The lowest BCUT2D eigenvalue weighted by Crippen LogP contribution is -2.13. The number of rotatable bonds is 5. The highest BCUT2D eigenvalue weighted by atomic mass is 32.1. The van der Waals surface area contributed by atoms with Gasteiger partial charge >= 0.3 is 0 Å². The van der Waals surface area contributed by atoms with Gasteiger partial charge in [0.25, 0.3) is 11.6 Å². The quantitative estimate of drug-likeness (QED) is 0.562. The Labute approximate surface area is 138 Å². The van der Waals surface area contributed by atoms with Crippen molar-refractivity contribution in [1.82, 2.24) is 14.8 Å². The SMILES string of the molecule is CCn1ccc(C(=O)Nc2nc(-c3cc([N+](=O)[O-])cs3)cs2)n1. The summed E-state index contributed by atoms with van der Waals surface area (Å²) in [7, 11) is 0. The van der Waals surface area contributed by atoms with Crippen LogP contribution < -0.4 is 5.32 Å². The van der Waals surface area contributed by atoms with E-state index in [0.717, 1.165) is 0 Å². The zero-order chi connectivity index (χ0) is 16.4. The Balaban J connectivity index is 1.73. The maximum atomic E-state index is 12.1. The van der Waals surface area contributed by atoms with Crippen molar-refractivity contribution < 1.29 is 9.72 Å². The molecule has 0 saturated carbocycles. The second-order valence-corrected chi connectivity index (χ2v) is 6.24. The number of anilines is 1. The molecule has 3 heterocycles. The fourth-order valence-electron chi connectivity index (χ4n) is 1.82. The Kier molecular flexibility index (Phi) is 4.17. The van der Waals surface area contributed by atoms with Crippen LogP contribution in [0.5, 0.6) is 0 Å². The summed E-state index contributed by atoms with van der Waals surface area (Å²) in [5.74, 6) is -0.338. The van der Waals surface area contributed by atoms with Gasteiger partial charge in [0.1, 0.15) is 0 Å². The summed E-state index contributed by atoms with van der Waals surface area (Å²) in [5.41, 5.74) is 0.950. The molecule has 0 aliphatic heterocycles. The Bertz CT molecular complexity index is 866. The molecule has 0 saturated heterocycles. The number of amides is 1. The first-order chi connectivity index (χ1) is 11.1. The van der Waals surface area contributed by atoms with Crippen molar-refractivity contribution in [1.29, 1.82) is 0 Å². The van der Waals surface area contributed by atoms with Crippen molar-refractivity contribution in [2.75, 3.05) is 5.32 Å². The summed E-state index contributed by atoms with van der Waals surface area (Å²) in [6, 6.07) is 3.10. The van der Waals surface area contributed by atoms with E-state index in [9.17, 15) is 14.9 Å². The smallest absolute Gasteiger partial charge is 0.280 e. The van der Waals surface area contributed by atoms with E-state index < -0.39 is 4.92 Å². The number of aromatic nitrogens is 3. The molecule has 0 aliphatic carbocycles. The number of nitro groups is 1. The number of nitrogens with zero attached hydrogens (tertiary/aromatic N) is 4. The van der Waals surface area contributed by atoms with E-state index in [2.05, 4.69) is 15.4 Å². The van der Waals surface area contributed by atoms with Crippen LogP contribution in [0.25, 0.3) is 10.6 Å². The number of thiophene rings is 1. The van der Waals surface area contributed by atoms with Crippen LogP contribution in [-0.4, -0.2) is 25.6 Å². The van der Waals surface area contributed by atoms with Crippen LogP contribution in [0.2, 0.25) is 0 Å². The summed E-state index contributed by atoms with van der Waals surface area (Å²) in [5, 5.41) is 21.1. The number of hydrogen-bond donors (Lipinski definition) is 1. The maximum Gasteiger partial charge on any atom is 0.280 e. The van der Waals surface area contributed by atoms with Gasteiger partial charge in [-0.15, -0.1) is 22.7 Å². The van der Waals surface area contributed by atoms with E-state index in [1.807, 2.05) is 6.92 Å². The molecular weight excluding hydrogens is 338 g/mol. The van der Waals surface area contributed by atoms with Crippen LogP contribution in [-0.2, 0) is 6.54 Å². The summed E-state index contributed by atoms with van der Waals surface area (Å²) in [4.78, 5) is 27.3. The second kappa shape index (κ2) is 6.26. The molecule has 0 spiro atoms. The third-order valence-corrected chi connectivity index (χ3v) is 4.67. The Morgan fingerprint density at radius 2 is 2.26 bits per heavy atom. The molecule has 0 aromatic carbocycles. The number of carbonyl (C=O) groups is 1. The highest BCUT2D eigenvalue weighted by Gasteiger charge is 2.15. The van der Waals surface area contributed by atoms with E-state index in [4.69, 9.17) is 0 Å². The van der Waals surface area contributed by atoms with Gasteiger partial charge < -0.3 is 0 Å². The summed E-state index contributed by atoms with van der Waals surface area (Å²) in [6.45, 7) is 2.62. The highest BCUT2D eigenvalue weighted by Crippen LogP contribution is 2.32. The van der Waals surface area contributed by atoms with Gasteiger partial charge in [-0.05, 0) is 13.0 Å². The standard InChI is InChI=1S/C13H11N5O3S2/c1-2-17-4-3-9(16-17)12(19)15-13-14-10(7-23-13)11-5-8(6-22-11)18(20)21/h3-7H,2H2,1H3,(H,14,15,19). The largest absolute Gasteiger partial charge is 0.296 e. The Morgan fingerprint density at radius 3 is 2.91 bits per heavy atom. The number of hydrogen-bond acceptors (Lipinski definition) is 7. The van der Waals surface area contributed by atoms with Gasteiger partial charge in [-0.2, -0.15) is 5.10 Å². The van der Waals surface area contributed by atoms with Gasteiger partial charge in [0.15, 0.2) is 10.8 Å². The van der Waals surface area contributed by atoms with Gasteiger partial charge in [0.2, 0.25) is 0 Å². The van der Waals surface area contributed by atoms with Crippen molar-refractivity contribution >= 4 is 39.4 Å². The van der Waals surface area contributed by atoms with Crippen molar-refractivity contribution in [3.8, 4) is 10.6 Å². The van der Waals surface area contributed by atoms with Crippen LogP contribution in [0, 0.1) is 10.1 Å². The lowest BCUT2D eigenvalue weighted by Gasteiger charge is -1.97. The predicted octanol–water partition coefficient (Wildman–Crippen LogP) is 3.25. The van der Waals surface area contributed by atoms with Crippen molar-refractivity contribution in [2.45, 2.75) is 13.5 Å². The average Bonchev–Trinajstić information content (AvgIpc) is 3.26. The first-order valence-electron chi connectivity index (χ1n) is 6.60. The molecule has 0 atom stereocenters. The number of aryl methyl sites for hydroxylation is 1. The minimum absolute atomic E-state index is 0.0358. The molecule has 3 aromatic rings. The van der Waals surface area contributed by atoms with E-state index in [0.29, 0.717) is 27.9 Å². The molecule has 1 N–H and O–H groups in total. The third kappa shape index (κ3) is 3.27. The van der Waals surface area contributed by atoms with E-state index in [-0.39, 0.29) is 11.6 Å². The van der Waals surface area contributed by atoms with Gasteiger partial charge in [0.05, 0.1) is 20.9 Å². The summed E-state index contributed by atoms with van der Waals surface area (Å²) >= 11 is 2.50. The lowest BCUT2D eigenvalue weighted by molar-refractivity contribution is -0.384. The Hall–Kier alpha value is -2.59. The molecule has 0 bridgehead atoms. The molecular formula is C13H11N5O3S2. The molecule has 0 aliphatic rings. The van der Waals surface area contributed by atoms with Crippen LogP contribution >= 0.6 is 22.7 Å². The monoisotopic (exact) mass is 349 g/mol. The molecule has 1 amide bonds. The van der Waals surface area contributed by atoms with Gasteiger partial charge in [-0.1, -0.05) is 0 Å². The van der Waals surface area contributed by atoms with E-state index in [1.54, 1.807) is 22.3 Å². The fraction of sp³-hybridized carbons (Fsp3) is 0.154. The molecule has 118 valence electrons. The molecule has 10 heteroatoms. The first-order valence-corrected chi connectivity index (χ1v) is 8.36. The topological polar surface area (TPSA) is 103 Å². The normalized spacial score (nSPS) is 10.7. The minimum atomic E-state index is -0.445. The van der Waals surface area contributed by atoms with Gasteiger partial charge in [0, 0.05) is 24.2 Å².